The Balaban J connectivity index is 1.67. The summed E-state index contributed by atoms with van der Waals surface area (Å²) >= 11 is 7.19. The van der Waals surface area contributed by atoms with Gasteiger partial charge in [-0.05, 0) is 50.2 Å². The Morgan fingerprint density at radius 2 is 1.96 bits per heavy atom. The van der Waals surface area contributed by atoms with Crippen molar-refractivity contribution >= 4 is 34.9 Å². The molecule has 3 aromatic rings. The third-order valence-electron chi connectivity index (χ3n) is 2.92. The zero-order valence-electron chi connectivity index (χ0n) is 12.9. The van der Waals surface area contributed by atoms with Crippen LogP contribution in [0, 0.1) is 0 Å². The van der Waals surface area contributed by atoms with Gasteiger partial charge in [0.25, 0.3) is 11.8 Å². The number of ether oxygens (including phenoxy) is 1. The third kappa shape index (κ3) is 3.93. The predicted octanol–water partition coefficient (Wildman–Crippen LogP) is 4.49. The number of carbonyl (C=O) groups excluding carboxylic acids is 1. The molecule has 124 valence electrons. The summed E-state index contributed by atoms with van der Waals surface area (Å²) in [6.07, 6.45) is 0.0762. The normalized spacial score (nSPS) is 10.8. The third-order valence-corrected chi connectivity index (χ3v) is 4.14. The monoisotopic (exact) mass is 363 g/mol. The SMILES string of the molecule is CC(C)Oc1ccc(C(=O)Nc2nnc(-c3ccc(Cl)s3)o2)cc1. The van der Waals surface area contributed by atoms with E-state index in [-0.39, 0.29) is 18.0 Å². The van der Waals surface area contributed by atoms with Crippen LogP contribution < -0.4 is 10.1 Å². The van der Waals surface area contributed by atoms with Crippen molar-refractivity contribution in [2.24, 2.45) is 0 Å². The van der Waals surface area contributed by atoms with Crippen molar-refractivity contribution in [1.82, 2.24) is 10.2 Å². The van der Waals surface area contributed by atoms with Gasteiger partial charge in [0.05, 0.1) is 15.3 Å². The summed E-state index contributed by atoms with van der Waals surface area (Å²) in [6, 6.07) is 10.4. The van der Waals surface area contributed by atoms with Gasteiger partial charge in [-0.1, -0.05) is 16.7 Å². The molecule has 24 heavy (non-hydrogen) atoms. The van der Waals surface area contributed by atoms with Crippen LogP contribution in [-0.4, -0.2) is 22.2 Å². The van der Waals surface area contributed by atoms with Gasteiger partial charge in [-0.25, -0.2) is 0 Å². The highest BCUT2D eigenvalue weighted by atomic mass is 35.5. The number of anilines is 1. The molecule has 0 saturated carbocycles. The van der Waals surface area contributed by atoms with Crippen LogP contribution in [0.4, 0.5) is 6.01 Å². The molecule has 2 aromatic heterocycles. The molecule has 8 heteroatoms. The largest absolute Gasteiger partial charge is 0.491 e. The number of hydrogen-bond acceptors (Lipinski definition) is 6. The Bertz CT molecular complexity index is 842. The van der Waals surface area contributed by atoms with E-state index in [0.717, 1.165) is 4.88 Å². The minimum Gasteiger partial charge on any atom is -0.491 e. The van der Waals surface area contributed by atoms with Gasteiger partial charge >= 0.3 is 6.01 Å². The molecule has 0 spiro atoms. The van der Waals surface area contributed by atoms with Gasteiger partial charge in [-0.2, -0.15) is 0 Å². The summed E-state index contributed by atoms with van der Waals surface area (Å²) in [4.78, 5) is 12.9. The maximum absolute atomic E-state index is 12.2. The number of aromatic nitrogens is 2. The molecule has 1 amide bonds. The fraction of sp³-hybridized carbons (Fsp3) is 0.188. The lowest BCUT2D eigenvalue weighted by Crippen LogP contribution is -2.12. The van der Waals surface area contributed by atoms with Gasteiger partial charge in [-0.15, -0.1) is 16.4 Å². The van der Waals surface area contributed by atoms with Gasteiger partial charge in [0.2, 0.25) is 0 Å². The number of nitrogens with zero attached hydrogens (tertiary/aromatic N) is 2. The van der Waals surface area contributed by atoms with E-state index >= 15 is 0 Å². The minimum atomic E-state index is -0.342. The first-order valence-electron chi connectivity index (χ1n) is 7.18. The van der Waals surface area contributed by atoms with Crippen LogP contribution in [0.15, 0.2) is 40.8 Å². The summed E-state index contributed by atoms with van der Waals surface area (Å²) in [7, 11) is 0. The molecule has 0 fully saturated rings. The van der Waals surface area contributed by atoms with Crippen molar-refractivity contribution in [3.8, 4) is 16.5 Å². The van der Waals surface area contributed by atoms with Crippen molar-refractivity contribution < 1.29 is 13.9 Å². The highest BCUT2D eigenvalue weighted by Gasteiger charge is 2.14. The summed E-state index contributed by atoms with van der Waals surface area (Å²) in [5.41, 5.74) is 0.463. The highest BCUT2D eigenvalue weighted by Crippen LogP contribution is 2.30. The van der Waals surface area contributed by atoms with Crippen LogP contribution in [-0.2, 0) is 0 Å². The van der Waals surface area contributed by atoms with Crippen LogP contribution >= 0.6 is 22.9 Å². The molecule has 0 atom stereocenters. The van der Waals surface area contributed by atoms with E-state index in [2.05, 4.69) is 15.5 Å². The fourth-order valence-corrected chi connectivity index (χ4v) is 2.89. The van der Waals surface area contributed by atoms with Gasteiger partial charge in [0.1, 0.15) is 5.75 Å². The van der Waals surface area contributed by atoms with Crippen LogP contribution in [0.25, 0.3) is 10.8 Å². The van der Waals surface area contributed by atoms with E-state index in [1.54, 1.807) is 36.4 Å². The van der Waals surface area contributed by atoms with Gasteiger partial charge in [0, 0.05) is 5.56 Å². The number of hydrogen-bond donors (Lipinski definition) is 1. The van der Waals surface area contributed by atoms with Crippen molar-refractivity contribution in [2.45, 2.75) is 20.0 Å². The summed E-state index contributed by atoms with van der Waals surface area (Å²) in [5, 5.41) is 10.3. The highest BCUT2D eigenvalue weighted by molar-refractivity contribution is 7.19. The molecule has 0 aliphatic carbocycles. The lowest BCUT2D eigenvalue weighted by atomic mass is 10.2. The molecule has 1 N–H and O–H groups in total. The smallest absolute Gasteiger partial charge is 0.322 e. The van der Waals surface area contributed by atoms with Crippen LogP contribution in [0.1, 0.15) is 24.2 Å². The topological polar surface area (TPSA) is 77.2 Å². The molecule has 0 radical (unpaired) electrons. The maximum Gasteiger partial charge on any atom is 0.322 e. The van der Waals surface area contributed by atoms with Crippen molar-refractivity contribution in [1.29, 1.82) is 0 Å². The van der Waals surface area contributed by atoms with Crippen molar-refractivity contribution in [3.05, 3.63) is 46.3 Å². The quantitative estimate of drug-likeness (QED) is 0.722. The van der Waals surface area contributed by atoms with Gasteiger partial charge < -0.3 is 9.15 Å². The van der Waals surface area contributed by atoms with Crippen molar-refractivity contribution in [2.75, 3.05) is 5.32 Å². The van der Waals surface area contributed by atoms with Gasteiger partial charge in [-0.3, -0.25) is 10.1 Å². The van der Waals surface area contributed by atoms with Crippen molar-refractivity contribution in [3.63, 3.8) is 0 Å². The molecule has 0 unspecified atom stereocenters. The second-order valence-electron chi connectivity index (χ2n) is 5.16. The zero-order valence-corrected chi connectivity index (χ0v) is 14.5. The maximum atomic E-state index is 12.2. The number of rotatable bonds is 5. The molecule has 0 saturated heterocycles. The van der Waals surface area contributed by atoms with Crippen LogP contribution in [0.2, 0.25) is 4.34 Å². The molecule has 3 rings (SSSR count). The number of nitrogens with one attached hydrogen (secondary N) is 1. The number of amides is 1. The Morgan fingerprint density at radius 1 is 1.21 bits per heavy atom. The Kier molecular flexibility index (Phi) is 4.82. The van der Waals surface area contributed by atoms with E-state index in [1.165, 1.54) is 11.3 Å². The summed E-state index contributed by atoms with van der Waals surface area (Å²) < 4.78 is 11.6. The van der Waals surface area contributed by atoms with E-state index in [4.69, 9.17) is 20.8 Å². The number of halogens is 1. The van der Waals surface area contributed by atoms with E-state index in [0.29, 0.717) is 21.5 Å². The first kappa shape index (κ1) is 16.5. The number of thiophene rings is 1. The summed E-state index contributed by atoms with van der Waals surface area (Å²) in [6.45, 7) is 3.88. The predicted molar refractivity (Wildman–Crippen MR) is 92.8 cm³/mol. The molecule has 1 aromatic carbocycles. The Morgan fingerprint density at radius 3 is 2.58 bits per heavy atom. The van der Waals surface area contributed by atoms with E-state index in [1.807, 2.05) is 13.8 Å². The van der Waals surface area contributed by atoms with E-state index in [9.17, 15) is 4.79 Å². The van der Waals surface area contributed by atoms with Crippen LogP contribution in [0.5, 0.6) is 5.75 Å². The molecular weight excluding hydrogens is 350 g/mol. The summed E-state index contributed by atoms with van der Waals surface area (Å²) in [5.74, 6) is 0.671. The average molecular weight is 364 g/mol. The molecule has 2 heterocycles. The number of benzene rings is 1. The Labute approximate surface area is 147 Å². The lowest BCUT2D eigenvalue weighted by molar-refractivity contribution is 0.102. The fourth-order valence-electron chi connectivity index (χ4n) is 1.93. The lowest BCUT2D eigenvalue weighted by Gasteiger charge is -2.09. The molecule has 0 aliphatic heterocycles. The average Bonchev–Trinajstić information content (AvgIpc) is 3.16. The first-order chi connectivity index (χ1) is 11.5. The molecular formula is C16H14ClN3O3S. The minimum absolute atomic E-state index is 0.0297. The molecule has 0 aliphatic rings. The number of carbonyl (C=O) groups is 1. The van der Waals surface area contributed by atoms with Crippen LogP contribution in [0.3, 0.4) is 0 Å². The molecule has 6 nitrogen and oxygen atoms in total. The molecule has 0 bridgehead atoms. The second kappa shape index (κ2) is 7.02. The standard InChI is InChI=1S/C16H14ClN3O3S/c1-9(2)22-11-5-3-10(4-6-11)14(21)18-16-20-19-15(23-16)12-7-8-13(17)24-12/h3-9H,1-2H3,(H,18,20,21). The Hall–Kier alpha value is -2.38. The second-order valence-corrected chi connectivity index (χ2v) is 6.88. The van der Waals surface area contributed by atoms with E-state index < -0.39 is 0 Å². The van der Waals surface area contributed by atoms with Gasteiger partial charge in [0.15, 0.2) is 0 Å². The first-order valence-corrected chi connectivity index (χ1v) is 8.38. The zero-order chi connectivity index (χ0) is 17.1.